The molecule has 0 aliphatic rings. The second-order valence-electron chi connectivity index (χ2n) is 5.68. The van der Waals surface area contributed by atoms with Crippen LogP contribution >= 0.6 is 0 Å². The first-order valence-corrected chi connectivity index (χ1v) is 7.00. The van der Waals surface area contributed by atoms with Gasteiger partial charge in [0, 0.05) is 31.0 Å². The van der Waals surface area contributed by atoms with E-state index in [9.17, 15) is 4.79 Å². The number of imidazole rings is 1. The van der Waals surface area contributed by atoms with Crippen LogP contribution in [0.5, 0.6) is 0 Å². The fourth-order valence-electron chi connectivity index (χ4n) is 2.27. The van der Waals surface area contributed by atoms with E-state index in [1.165, 1.54) is 11.1 Å². The van der Waals surface area contributed by atoms with E-state index >= 15 is 0 Å². The molecule has 0 fully saturated rings. The molecule has 1 aromatic heterocycles. The molecule has 1 aromatic carbocycles. The molecule has 0 radical (unpaired) electrons. The Kier molecular flexibility index (Phi) is 4.14. The van der Waals surface area contributed by atoms with Crippen LogP contribution in [0.15, 0.2) is 35.4 Å². The van der Waals surface area contributed by atoms with Crippen molar-refractivity contribution in [1.82, 2.24) is 9.13 Å². The molecule has 4 heteroatoms. The Morgan fingerprint density at radius 3 is 2.40 bits per heavy atom. The summed E-state index contributed by atoms with van der Waals surface area (Å²) in [5, 5.41) is 0. The molecular weight excluding hydrogens is 250 g/mol. The monoisotopic (exact) mass is 273 g/mol. The molecule has 0 amide bonds. The van der Waals surface area contributed by atoms with Gasteiger partial charge in [0.05, 0.1) is 0 Å². The van der Waals surface area contributed by atoms with E-state index in [-0.39, 0.29) is 17.8 Å². The van der Waals surface area contributed by atoms with Crippen molar-refractivity contribution >= 4 is 0 Å². The van der Waals surface area contributed by atoms with Crippen LogP contribution in [0.3, 0.4) is 0 Å². The third-order valence-corrected chi connectivity index (χ3v) is 3.78. The minimum absolute atomic E-state index is 0.000663. The van der Waals surface area contributed by atoms with Crippen LogP contribution in [0.4, 0.5) is 0 Å². The second kappa shape index (κ2) is 5.67. The number of rotatable bonds is 4. The first-order chi connectivity index (χ1) is 9.40. The van der Waals surface area contributed by atoms with Crippen molar-refractivity contribution in [2.75, 3.05) is 0 Å². The van der Waals surface area contributed by atoms with Gasteiger partial charge in [-0.2, -0.15) is 0 Å². The summed E-state index contributed by atoms with van der Waals surface area (Å²) in [7, 11) is 0. The lowest BCUT2D eigenvalue weighted by Crippen LogP contribution is -2.29. The van der Waals surface area contributed by atoms with Gasteiger partial charge >= 0.3 is 5.69 Å². The van der Waals surface area contributed by atoms with E-state index < -0.39 is 0 Å². The standard InChI is InChI=1S/C16H23N3O/c1-11(2)19-8-7-18(16(19)20)10-15(17)14-6-5-12(3)13(4)9-14/h5-9,11,15H,10,17H2,1-4H3. The average Bonchev–Trinajstić information content (AvgIpc) is 2.74. The summed E-state index contributed by atoms with van der Waals surface area (Å²) in [5.41, 5.74) is 9.78. The fourth-order valence-corrected chi connectivity index (χ4v) is 2.27. The molecule has 2 aromatic rings. The molecule has 0 saturated heterocycles. The molecule has 0 saturated carbocycles. The highest BCUT2D eigenvalue weighted by Gasteiger charge is 2.11. The smallest absolute Gasteiger partial charge is 0.322 e. The Bertz CT molecular complexity index is 652. The van der Waals surface area contributed by atoms with Crippen LogP contribution in [0.2, 0.25) is 0 Å². The minimum atomic E-state index is -0.171. The van der Waals surface area contributed by atoms with Gasteiger partial charge in [0.15, 0.2) is 0 Å². The largest absolute Gasteiger partial charge is 0.328 e. The zero-order valence-corrected chi connectivity index (χ0v) is 12.6. The zero-order chi connectivity index (χ0) is 14.9. The lowest BCUT2D eigenvalue weighted by molar-refractivity contribution is 0.519. The van der Waals surface area contributed by atoms with Gasteiger partial charge in [0.25, 0.3) is 0 Å². The molecule has 1 heterocycles. The number of hydrogen-bond acceptors (Lipinski definition) is 2. The van der Waals surface area contributed by atoms with Crippen LogP contribution in [0.1, 0.15) is 42.6 Å². The third-order valence-electron chi connectivity index (χ3n) is 3.78. The molecule has 0 spiro atoms. The Labute approximate surface area is 119 Å². The van der Waals surface area contributed by atoms with Gasteiger partial charge < -0.3 is 5.73 Å². The normalized spacial score (nSPS) is 12.9. The summed E-state index contributed by atoms with van der Waals surface area (Å²) in [4.78, 5) is 12.2. The maximum atomic E-state index is 12.2. The number of hydrogen-bond donors (Lipinski definition) is 1. The molecule has 4 nitrogen and oxygen atoms in total. The molecule has 2 N–H and O–H groups in total. The minimum Gasteiger partial charge on any atom is -0.322 e. The van der Waals surface area contributed by atoms with E-state index in [1.807, 2.05) is 32.3 Å². The van der Waals surface area contributed by atoms with Gasteiger partial charge in [-0.25, -0.2) is 4.79 Å². The van der Waals surface area contributed by atoms with Gasteiger partial charge in [-0.15, -0.1) is 0 Å². The van der Waals surface area contributed by atoms with Crippen LogP contribution in [0, 0.1) is 13.8 Å². The Balaban J connectivity index is 2.21. The predicted octanol–water partition coefficient (Wildman–Crippen LogP) is 2.55. The first-order valence-electron chi connectivity index (χ1n) is 7.00. The molecule has 2 rings (SSSR count). The Hall–Kier alpha value is -1.81. The summed E-state index contributed by atoms with van der Waals surface area (Å²) in [6, 6.07) is 6.21. The molecule has 0 aliphatic heterocycles. The quantitative estimate of drug-likeness (QED) is 0.930. The van der Waals surface area contributed by atoms with Crippen molar-refractivity contribution in [2.24, 2.45) is 5.73 Å². The van der Waals surface area contributed by atoms with Crippen molar-refractivity contribution in [3.63, 3.8) is 0 Å². The Morgan fingerprint density at radius 1 is 1.15 bits per heavy atom. The van der Waals surface area contributed by atoms with Crippen LogP contribution in [0.25, 0.3) is 0 Å². The molecule has 1 atom stereocenters. The molecule has 1 unspecified atom stereocenters. The van der Waals surface area contributed by atoms with Gasteiger partial charge in [-0.1, -0.05) is 18.2 Å². The predicted molar refractivity (Wildman–Crippen MR) is 81.9 cm³/mol. The second-order valence-corrected chi connectivity index (χ2v) is 5.68. The maximum Gasteiger partial charge on any atom is 0.328 e. The maximum absolute atomic E-state index is 12.2. The molecule has 0 aliphatic carbocycles. The third kappa shape index (κ3) is 2.85. The van der Waals surface area contributed by atoms with E-state index in [0.29, 0.717) is 6.54 Å². The van der Waals surface area contributed by atoms with Gasteiger partial charge in [-0.3, -0.25) is 9.13 Å². The Morgan fingerprint density at radius 2 is 1.85 bits per heavy atom. The SMILES string of the molecule is Cc1ccc(C(N)Cn2ccn(C(C)C)c2=O)cc1C. The summed E-state index contributed by atoms with van der Waals surface area (Å²) in [6.07, 6.45) is 3.63. The highest BCUT2D eigenvalue weighted by molar-refractivity contribution is 5.31. The van der Waals surface area contributed by atoms with Gasteiger partial charge in [-0.05, 0) is 44.4 Å². The highest BCUT2D eigenvalue weighted by Crippen LogP contribution is 2.16. The van der Waals surface area contributed by atoms with E-state index in [0.717, 1.165) is 5.56 Å². The summed E-state index contributed by atoms with van der Waals surface area (Å²) in [5.74, 6) is 0. The van der Waals surface area contributed by atoms with Crippen molar-refractivity contribution in [1.29, 1.82) is 0 Å². The molecule has 20 heavy (non-hydrogen) atoms. The van der Waals surface area contributed by atoms with Crippen molar-refractivity contribution in [3.05, 3.63) is 57.8 Å². The fraction of sp³-hybridized carbons (Fsp3) is 0.438. The lowest BCUT2D eigenvalue weighted by Gasteiger charge is -2.14. The topological polar surface area (TPSA) is 52.9 Å². The summed E-state index contributed by atoms with van der Waals surface area (Å²) in [6.45, 7) is 8.65. The number of aromatic nitrogens is 2. The van der Waals surface area contributed by atoms with Crippen molar-refractivity contribution in [3.8, 4) is 0 Å². The average molecular weight is 273 g/mol. The van der Waals surface area contributed by atoms with Gasteiger partial charge in [0.1, 0.15) is 0 Å². The number of nitrogens with zero attached hydrogens (tertiary/aromatic N) is 2. The summed E-state index contributed by atoms with van der Waals surface area (Å²) < 4.78 is 3.40. The highest BCUT2D eigenvalue weighted by atomic mass is 16.1. The number of aryl methyl sites for hydroxylation is 2. The lowest BCUT2D eigenvalue weighted by atomic mass is 10.0. The van der Waals surface area contributed by atoms with Crippen molar-refractivity contribution in [2.45, 2.75) is 46.3 Å². The number of nitrogens with two attached hydrogens (primary N) is 1. The van der Waals surface area contributed by atoms with Crippen molar-refractivity contribution < 1.29 is 0 Å². The van der Waals surface area contributed by atoms with E-state index in [1.54, 1.807) is 9.13 Å². The van der Waals surface area contributed by atoms with E-state index in [2.05, 4.69) is 26.0 Å². The molecule has 108 valence electrons. The molecular formula is C16H23N3O. The molecule has 0 bridgehead atoms. The van der Waals surface area contributed by atoms with Gasteiger partial charge in [0.2, 0.25) is 0 Å². The summed E-state index contributed by atoms with van der Waals surface area (Å²) >= 11 is 0. The van der Waals surface area contributed by atoms with Crippen LogP contribution in [-0.2, 0) is 6.54 Å². The van der Waals surface area contributed by atoms with Crippen LogP contribution < -0.4 is 11.4 Å². The number of benzene rings is 1. The van der Waals surface area contributed by atoms with E-state index in [4.69, 9.17) is 5.73 Å². The zero-order valence-electron chi connectivity index (χ0n) is 12.6. The first kappa shape index (κ1) is 14.6. The van der Waals surface area contributed by atoms with Crippen LogP contribution in [-0.4, -0.2) is 9.13 Å².